The topological polar surface area (TPSA) is 57.6 Å². The molecule has 106 valence electrons. The Morgan fingerprint density at radius 3 is 2.63 bits per heavy atom. The van der Waals surface area contributed by atoms with Gasteiger partial charge in [-0.05, 0) is 43.4 Å². The Morgan fingerprint density at radius 1 is 1.42 bits per heavy atom. The van der Waals surface area contributed by atoms with Gasteiger partial charge < -0.3 is 5.11 Å². The zero-order valence-electron chi connectivity index (χ0n) is 10.8. The standard InChI is InChI=1S/C13H18ClNO3S/c1-10-2-5-13(12(14)8-10)19(17,18)15(6-7-16)9-11-3-4-11/h2,5,8,11,16H,3-4,6-7,9H2,1H3. The van der Waals surface area contributed by atoms with Crippen molar-refractivity contribution in [2.75, 3.05) is 19.7 Å². The second-order valence-electron chi connectivity index (χ2n) is 4.96. The van der Waals surface area contributed by atoms with Gasteiger partial charge >= 0.3 is 0 Å². The normalized spacial score (nSPS) is 16.0. The quantitative estimate of drug-likeness (QED) is 0.875. The summed E-state index contributed by atoms with van der Waals surface area (Å²) in [5.41, 5.74) is 0.917. The van der Waals surface area contributed by atoms with Crippen LogP contribution in [0.3, 0.4) is 0 Å². The maximum atomic E-state index is 12.5. The van der Waals surface area contributed by atoms with Crippen LogP contribution in [0.4, 0.5) is 0 Å². The summed E-state index contributed by atoms with van der Waals surface area (Å²) in [5.74, 6) is 0.422. The van der Waals surface area contributed by atoms with Crippen molar-refractivity contribution >= 4 is 21.6 Å². The number of halogens is 1. The number of aliphatic hydroxyl groups excluding tert-OH is 1. The zero-order valence-corrected chi connectivity index (χ0v) is 12.4. The van der Waals surface area contributed by atoms with Gasteiger partial charge in [-0.15, -0.1) is 0 Å². The first-order chi connectivity index (χ1) is 8.95. The molecule has 1 aromatic rings. The van der Waals surface area contributed by atoms with Crippen molar-refractivity contribution in [3.63, 3.8) is 0 Å². The molecule has 1 saturated carbocycles. The smallest absolute Gasteiger partial charge is 0.244 e. The van der Waals surface area contributed by atoms with Crippen LogP contribution in [0.25, 0.3) is 0 Å². The number of rotatable bonds is 6. The van der Waals surface area contributed by atoms with E-state index in [0.29, 0.717) is 12.5 Å². The van der Waals surface area contributed by atoms with E-state index in [9.17, 15) is 8.42 Å². The first-order valence-electron chi connectivity index (χ1n) is 6.32. The van der Waals surface area contributed by atoms with E-state index < -0.39 is 10.0 Å². The summed E-state index contributed by atoms with van der Waals surface area (Å²) in [5, 5.41) is 9.29. The summed E-state index contributed by atoms with van der Waals surface area (Å²) in [4.78, 5) is 0.119. The third-order valence-corrected chi connectivity index (χ3v) is 5.56. The van der Waals surface area contributed by atoms with Gasteiger partial charge in [0, 0.05) is 13.1 Å². The lowest BCUT2D eigenvalue weighted by molar-refractivity contribution is 0.250. The molecule has 6 heteroatoms. The summed E-state index contributed by atoms with van der Waals surface area (Å²) >= 11 is 6.04. The van der Waals surface area contributed by atoms with Gasteiger partial charge in [-0.1, -0.05) is 17.7 Å². The van der Waals surface area contributed by atoms with Gasteiger partial charge in [-0.2, -0.15) is 4.31 Å². The predicted molar refractivity (Wildman–Crippen MR) is 74.8 cm³/mol. The van der Waals surface area contributed by atoms with Crippen LogP contribution in [0.2, 0.25) is 5.02 Å². The average molecular weight is 304 g/mol. The molecule has 2 rings (SSSR count). The SMILES string of the molecule is Cc1ccc(S(=O)(=O)N(CCO)CC2CC2)c(Cl)c1. The van der Waals surface area contributed by atoms with E-state index in [4.69, 9.17) is 16.7 Å². The van der Waals surface area contributed by atoms with Crippen LogP contribution in [-0.2, 0) is 10.0 Å². The van der Waals surface area contributed by atoms with Crippen molar-refractivity contribution in [2.24, 2.45) is 5.92 Å². The maximum Gasteiger partial charge on any atom is 0.244 e. The molecule has 1 aliphatic carbocycles. The number of hydrogen-bond acceptors (Lipinski definition) is 3. The van der Waals surface area contributed by atoms with Gasteiger partial charge in [0.15, 0.2) is 0 Å². The third kappa shape index (κ3) is 3.48. The van der Waals surface area contributed by atoms with Crippen molar-refractivity contribution in [1.82, 2.24) is 4.31 Å². The van der Waals surface area contributed by atoms with E-state index in [2.05, 4.69) is 0 Å². The second-order valence-corrected chi connectivity index (χ2v) is 7.28. The molecule has 1 fully saturated rings. The monoisotopic (exact) mass is 303 g/mol. The Bertz CT molecular complexity index is 555. The lowest BCUT2D eigenvalue weighted by atomic mass is 10.2. The minimum absolute atomic E-state index is 0.114. The molecular weight excluding hydrogens is 286 g/mol. The van der Waals surface area contributed by atoms with Gasteiger partial charge in [0.05, 0.1) is 11.6 Å². The van der Waals surface area contributed by atoms with Gasteiger partial charge in [0.1, 0.15) is 4.90 Å². The summed E-state index contributed by atoms with van der Waals surface area (Å²) in [6, 6.07) is 4.90. The molecule has 0 unspecified atom stereocenters. The summed E-state index contributed by atoms with van der Waals surface area (Å²) in [6.45, 7) is 2.25. The third-order valence-electron chi connectivity index (χ3n) is 3.21. The molecule has 0 heterocycles. The minimum atomic E-state index is -3.62. The maximum absolute atomic E-state index is 12.5. The van der Waals surface area contributed by atoms with E-state index in [1.807, 2.05) is 6.92 Å². The number of nitrogens with zero attached hydrogens (tertiary/aromatic N) is 1. The largest absolute Gasteiger partial charge is 0.395 e. The van der Waals surface area contributed by atoms with Crippen LogP contribution in [0.15, 0.2) is 23.1 Å². The fraction of sp³-hybridized carbons (Fsp3) is 0.538. The van der Waals surface area contributed by atoms with E-state index in [0.717, 1.165) is 18.4 Å². The average Bonchev–Trinajstić information content (AvgIpc) is 3.11. The minimum Gasteiger partial charge on any atom is -0.395 e. The van der Waals surface area contributed by atoms with Gasteiger partial charge in [0.25, 0.3) is 0 Å². The van der Waals surface area contributed by atoms with Crippen molar-refractivity contribution in [2.45, 2.75) is 24.7 Å². The Hall–Kier alpha value is -0.620. The molecule has 0 bridgehead atoms. The Balaban J connectivity index is 2.31. The van der Waals surface area contributed by atoms with Crippen molar-refractivity contribution in [3.05, 3.63) is 28.8 Å². The number of aliphatic hydroxyl groups is 1. The van der Waals surface area contributed by atoms with E-state index in [1.165, 1.54) is 10.4 Å². The highest BCUT2D eigenvalue weighted by Crippen LogP contribution is 2.33. The van der Waals surface area contributed by atoms with E-state index >= 15 is 0 Å². The lowest BCUT2D eigenvalue weighted by Gasteiger charge is -2.21. The Kier molecular flexibility index (Phi) is 4.50. The van der Waals surface area contributed by atoms with Crippen LogP contribution in [0.1, 0.15) is 18.4 Å². The molecule has 4 nitrogen and oxygen atoms in total. The number of aryl methyl sites for hydroxylation is 1. The lowest BCUT2D eigenvalue weighted by Crippen LogP contribution is -2.35. The van der Waals surface area contributed by atoms with Crippen LogP contribution in [0, 0.1) is 12.8 Å². The summed E-state index contributed by atoms with van der Waals surface area (Å²) < 4.78 is 26.4. The molecular formula is C13H18ClNO3S. The van der Waals surface area contributed by atoms with E-state index in [-0.39, 0.29) is 23.1 Å². The molecule has 0 aliphatic heterocycles. The predicted octanol–water partition coefficient (Wildman–Crippen LogP) is 2.04. The first-order valence-corrected chi connectivity index (χ1v) is 8.14. The molecule has 1 aromatic carbocycles. The molecule has 0 amide bonds. The summed E-state index contributed by atoms with van der Waals surface area (Å²) in [6.07, 6.45) is 2.11. The molecule has 0 atom stereocenters. The molecule has 0 spiro atoms. The van der Waals surface area contributed by atoms with Gasteiger partial charge in [-0.25, -0.2) is 8.42 Å². The Labute approximate surface area is 119 Å². The van der Waals surface area contributed by atoms with E-state index in [1.54, 1.807) is 12.1 Å². The molecule has 0 aromatic heterocycles. The number of benzene rings is 1. The molecule has 1 N–H and O–H groups in total. The molecule has 19 heavy (non-hydrogen) atoms. The van der Waals surface area contributed by atoms with Crippen molar-refractivity contribution in [1.29, 1.82) is 0 Å². The van der Waals surface area contributed by atoms with Crippen LogP contribution in [0.5, 0.6) is 0 Å². The fourth-order valence-electron chi connectivity index (χ4n) is 1.96. The fourth-order valence-corrected chi connectivity index (χ4v) is 4.04. The van der Waals surface area contributed by atoms with Gasteiger partial charge in [-0.3, -0.25) is 0 Å². The van der Waals surface area contributed by atoms with Crippen LogP contribution < -0.4 is 0 Å². The highest BCUT2D eigenvalue weighted by Gasteiger charge is 2.32. The first kappa shape index (κ1) is 14.8. The highest BCUT2D eigenvalue weighted by atomic mass is 35.5. The van der Waals surface area contributed by atoms with Gasteiger partial charge in [0.2, 0.25) is 10.0 Å². The van der Waals surface area contributed by atoms with Crippen molar-refractivity contribution < 1.29 is 13.5 Å². The molecule has 1 aliphatic rings. The van der Waals surface area contributed by atoms with Crippen LogP contribution >= 0.6 is 11.6 Å². The molecule has 0 saturated heterocycles. The highest BCUT2D eigenvalue weighted by molar-refractivity contribution is 7.89. The van der Waals surface area contributed by atoms with Crippen LogP contribution in [-0.4, -0.2) is 37.5 Å². The summed E-state index contributed by atoms with van der Waals surface area (Å²) in [7, 11) is -3.62. The number of sulfonamides is 1. The second kappa shape index (κ2) is 5.79. The zero-order chi connectivity index (χ0) is 14.0. The Morgan fingerprint density at radius 2 is 2.11 bits per heavy atom. The molecule has 0 radical (unpaired) electrons. The number of hydrogen-bond donors (Lipinski definition) is 1. The van der Waals surface area contributed by atoms with Crippen molar-refractivity contribution in [3.8, 4) is 0 Å².